The summed E-state index contributed by atoms with van der Waals surface area (Å²) in [6, 6.07) is 16.9. The fourth-order valence-corrected chi connectivity index (χ4v) is 3.75. The summed E-state index contributed by atoms with van der Waals surface area (Å²) in [5.41, 5.74) is 4.04. The largest absolute Gasteiger partial charge is 0.477 e. The number of aromatic carboxylic acids is 1. The third-order valence-electron chi connectivity index (χ3n) is 4.17. The molecule has 0 aliphatic rings. The molecule has 0 saturated heterocycles. The van der Waals surface area contributed by atoms with Crippen LogP contribution in [0, 0.1) is 13.8 Å². The van der Waals surface area contributed by atoms with Crippen molar-refractivity contribution in [2.45, 2.75) is 13.8 Å². The lowest BCUT2D eigenvalue weighted by molar-refractivity contribution is 0.0703. The van der Waals surface area contributed by atoms with Crippen LogP contribution in [0.1, 0.15) is 31.2 Å². The summed E-state index contributed by atoms with van der Waals surface area (Å²) in [6.07, 6.45) is 0. The molecule has 0 aliphatic heterocycles. The maximum atomic E-state index is 12.8. The van der Waals surface area contributed by atoms with Crippen LogP contribution in [-0.2, 0) is 0 Å². The number of carboxylic acid groups (broad SMARTS) is 1. The van der Waals surface area contributed by atoms with Crippen molar-refractivity contribution in [3.63, 3.8) is 0 Å². The summed E-state index contributed by atoms with van der Waals surface area (Å²) in [5, 5.41) is 9.59. The number of carboxylic acids is 1. The molecule has 3 aromatic rings. The summed E-state index contributed by atoms with van der Waals surface area (Å²) < 4.78 is 0. The number of hydrogen-bond acceptors (Lipinski definition) is 3. The number of carbonyl (C=O) groups is 2. The highest BCUT2D eigenvalue weighted by Crippen LogP contribution is 2.37. The zero-order valence-electron chi connectivity index (χ0n) is 14.8. The first-order valence-corrected chi connectivity index (χ1v) is 8.97. The van der Waals surface area contributed by atoms with Crippen LogP contribution in [0.5, 0.6) is 0 Å². The van der Waals surface area contributed by atoms with Gasteiger partial charge >= 0.3 is 5.97 Å². The molecule has 0 atom stereocenters. The zero-order valence-corrected chi connectivity index (χ0v) is 15.6. The van der Waals surface area contributed by atoms with Crippen LogP contribution in [0.4, 0.5) is 5.69 Å². The number of aryl methyl sites for hydroxylation is 2. The Morgan fingerprint density at radius 2 is 1.65 bits per heavy atom. The first kappa shape index (κ1) is 17.9. The van der Waals surface area contributed by atoms with Gasteiger partial charge in [0.25, 0.3) is 5.91 Å². The molecule has 0 radical (unpaired) electrons. The molecule has 0 unspecified atom stereocenters. The van der Waals surface area contributed by atoms with Crippen molar-refractivity contribution in [1.29, 1.82) is 0 Å². The number of anilines is 1. The fraction of sp³-hybridized carbons (Fsp3) is 0.143. The smallest absolute Gasteiger partial charge is 0.348 e. The van der Waals surface area contributed by atoms with Crippen LogP contribution in [0.15, 0.2) is 54.6 Å². The highest BCUT2D eigenvalue weighted by molar-refractivity contribution is 7.18. The van der Waals surface area contributed by atoms with Crippen molar-refractivity contribution in [1.82, 2.24) is 0 Å². The minimum atomic E-state index is -1.03. The van der Waals surface area contributed by atoms with Crippen molar-refractivity contribution in [3.8, 4) is 10.4 Å². The lowest BCUT2D eigenvalue weighted by Crippen LogP contribution is -2.27. The second kappa shape index (κ2) is 7.14. The first-order valence-electron chi connectivity index (χ1n) is 8.15. The van der Waals surface area contributed by atoms with Gasteiger partial charge in [0.2, 0.25) is 0 Å². The van der Waals surface area contributed by atoms with Gasteiger partial charge in [-0.15, -0.1) is 11.3 Å². The van der Waals surface area contributed by atoms with Gasteiger partial charge < -0.3 is 10.0 Å². The second-order valence-corrected chi connectivity index (χ2v) is 7.28. The summed E-state index contributed by atoms with van der Waals surface area (Å²) in [7, 11) is 1.61. The van der Waals surface area contributed by atoms with Gasteiger partial charge in [-0.05, 0) is 37.6 Å². The Bertz CT molecular complexity index is 973. The molecule has 5 heteroatoms. The molecular weight excluding hydrogens is 346 g/mol. The van der Waals surface area contributed by atoms with E-state index >= 15 is 0 Å². The minimum absolute atomic E-state index is 0.157. The molecule has 0 fully saturated rings. The molecule has 1 N–H and O–H groups in total. The van der Waals surface area contributed by atoms with Gasteiger partial charge in [-0.2, -0.15) is 0 Å². The van der Waals surface area contributed by atoms with Crippen LogP contribution in [0.25, 0.3) is 10.4 Å². The van der Waals surface area contributed by atoms with Crippen molar-refractivity contribution < 1.29 is 14.7 Å². The SMILES string of the molecule is Cc1ccc(C(=O)N(C)c2cc(-c3cccc(C)c3)sc2C(=O)O)cc1. The van der Waals surface area contributed by atoms with Crippen LogP contribution < -0.4 is 4.90 Å². The molecule has 4 nitrogen and oxygen atoms in total. The van der Waals surface area contributed by atoms with Gasteiger partial charge in [-0.25, -0.2) is 4.79 Å². The standard InChI is InChI=1S/C21H19NO3S/c1-13-7-9-15(10-8-13)20(23)22(3)17-12-18(26-19(17)21(24)25)16-6-4-5-14(2)11-16/h4-12H,1-3H3,(H,24,25). The van der Waals surface area contributed by atoms with Gasteiger partial charge in [-0.1, -0.05) is 47.5 Å². The van der Waals surface area contributed by atoms with Crippen LogP contribution >= 0.6 is 11.3 Å². The van der Waals surface area contributed by atoms with Crippen LogP contribution in [-0.4, -0.2) is 24.0 Å². The Balaban J connectivity index is 2.01. The van der Waals surface area contributed by atoms with Crippen molar-refractivity contribution in [2.75, 3.05) is 11.9 Å². The first-order chi connectivity index (χ1) is 12.4. The average molecular weight is 365 g/mol. The Morgan fingerprint density at radius 1 is 0.962 bits per heavy atom. The molecule has 0 bridgehead atoms. The molecule has 132 valence electrons. The van der Waals surface area contributed by atoms with Gasteiger partial charge in [0.15, 0.2) is 0 Å². The number of hydrogen-bond donors (Lipinski definition) is 1. The molecule has 0 saturated carbocycles. The van der Waals surface area contributed by atoms with E-state index in [0.29, 0.717) is 11.3 Å². The van der Waals surface area contributed by atoms with Crippen molar-refractivity contribution in [3.05, 3.63) is 76.2 Å². The maximum absolute atomic E-state index is 12.8. The number of amides is 1. The summed E-state index contributed by atoms with van der Waals surface area (Å²) >= 11 is 1.18. The molecule has 3 rings (SSSR count). The molecule has 2 aromatic carbocycles. The van der Waals surface area contributed by atoms with E-state index in [1.165, 1.54) is 16.2 Å². The summed E-state index contributed by atoms with van der Waals surface area (Å²) in [4.78, 5) is 26.9. The topological polar surface area (TPSA) is 57.6 Å². The molecule has 1 amide bonds. The third kappa shape index (κ3) is 3.53. The summed E-state index contributed by atoms with van der Waals surface area (Å²) in [5.74, 6) is -1.27. The molecule has 0 spiro atoms. The molecule has 1 aromatic heterocycles. The zero-order chi connectivity index (χ0) is 18.8. The number of benzene rings is 2. The number of carbonyl (C=O) groups excluding carboxylic acids is 1. The van der Waals surface area contributed by atoms with Gasteiger partial charge in [0.1, 0.15) is 4.88 Å². The van der Waals surface area contributed by atoms with Crippen LogP contribution in [0.2, 0.25) is 0 Å². The fourth-order valence-electron chi connectivity index (χ4n) is 2.72. The lowest BCUT2D eigenvalue weighted by Gasteiger charge is -2.17. The number of nitrogens with zero attached hydrogens (tertiary/aromatic N) is 1. The molecule has 26 heavy (non-hydrogen) atoms. The number of rotatable bonds is 4. The van der Waals surface area contributed by atoms with Crippen LogP contribution in [0.3, 0.4) is 0 Å². The van der Waals surface area contributed by atoms with E-state index in [-0.39, 0.29) is 10.8 Å². The van der Waals surface area contributed by atoms with Gasteiger partial charge in [0, 0.05) is 17.5 Å². The Hall–Kier alpha value is -2.92. The quantitative estimate of drug-likeness (QED) is 0.707. The minimum Gasteiger partial charge on any atom is -0.477 e. The van der Waals surface area contributed by atoms with Crippen molar-refractivity contribution in [2.24, 2.45) is 0 Å². The van der Waals surface area contributed by atoms with Gasteiger partial charge in [-0.3, -0.25) is 4.79 Å². The highest BCUT2D eigenvalue weighted by Gasteiger charge is 2.23. The lowest BCUT2D eigenvalue weighted by atomic mass is 10.1. The Labute approximate surface area is 156 Å². The monoisotopic (exact) mass is 365 g/mol. The average Bonchev–Trinajstić information content (AvgIpc) is 3.07. The highest BCUT2D eigenvalue weighted by atomic mass is 32.1. The van der Waals surface area contributed by atoms with E-state index in [2.05, 4.69) is 0 Å². The second-order valence-electron chi connectivity index (χ2n) is 6.23. The maximum Gasteiger partial charge on any atom is 0.348 e. The van der Waals surface area contributed by atoms with E-state index in [0.717, 1.165) is 21.6 Å². The van der Waals surface area contributed by atoms with Gasteiger partial charge in [0.05, 0.1) is 5.69 Å². The van der Waals surface area contributed by atoms with E-state index in [4.69, 9.17) is 0 Å². The van der Waals surface area contributed by atoms with E-state index in [9.17, 15) is 14.7 Å². The number of thiophene rings is 1. The molecule has 1 heterocycles. The van der Waals surface area contributed by atoms with E-state index in [1.807, 2.05) is 50.2 Å². The van der Waals surface area contributed by atoms with Crippen molar-refractivity contribution >= 4 is 28.9 Å². The third-order valence-corrected chi connectivity index (χ3v) is 5.34. The Morgan fingerprint density at radius 3 is 2.27 bits per heavy atom. The molecular formula is C21H19NO3S. The normalized spacial score (nSPS) is 10.6. The predicted molar refractivity (Wildman–Crippen MR) is 105 cm³/mol. The Kier molecular flexibility index (Phi) is 4.91. The van der Waals surface area contributed by atoms with E-state index < -0.39 is 5.97 Å². The molecule has 0 aliphatic carbocycles. The van der Waals surface area contributed by atoms with E-state index in [1.54, 1.807) is 25.2 Å². The predicted octanol–water partition coefficient (Wildman–Crippen LogP) is 5.01. The summed E-state index contributed by atoms with van der Waals surface area (Å²) in [6.45, 7) is 3.94.